The molecule has 0 bridgehead atoms. The highest BCUT2D eigenvalue weighted by Crippen LogP contribution is 2.47. The van der Waals surface area contributed by atoms with Crippen molar-refractivity contribution in [3.63, 3.8) is 0 Å². The van der Waals surface area contributed by atoms with Crippen molar-refractivity contribution >= 4 is 7.85 Å². The van der Waals surface area contributed by atoms with Crippen LogP contribution in [-0.2, 0) is 0 Å². The molecule has 0 aliphatic carbocycles. The fourth-order valence-electron chi connectivity index (χ4n) is 3.30. The van der Waals surface area contributed by atoms with Crippen LogP contribution in [0.2, 0.25) is 0 Å². The van der Waals surface area contributed by atoms with Crippen molar-refractivity contribution in [2.24, 2.45) is 5.92 Å². The third-order valence-corrected chi connectivity index (χ3v) is 4.27. The molecule has 2 aliphatic rings. The summed E-state index contributed by atoms with van der Waals surface area (Å²) >= 11 is 0. The van der Waals surface area contributed by atoms with E-state index in [1.54, 1.807) is 0 Å². The highest BCUT2D eigenvalue weighted by atomic mass is 16.3. The normalized spacial score (nSPS) is 30.6. The van der Waals surface area contributed by atoms with E-state index >= 15 is 0 Å². The molecule has 0 spiro atoms. The summed E-state index contributed by atoms with van der Waals surface area (Å²) in [5.41, 5.74) is -1.12. The second kappa shape index (κ2) is 3.24. The maximum Gasteiger partial charge on any atom is 0.116 e. The quantitative estimate of drug-likeness (QED) is 0.664. The fraction of sp³-hybridized carbons (Fsp3) is 1.00. The molecule has 3 heteroatoms. The largest absolute Gasteiger partial charge is 0.398 e. The van der Waals surface area contributed by atoms with Gasteiger partial charge in [-0.2, -0.15) is 0 Å². The maximum atomic E-state index is 10.5. The monoisotopic (exact) mass is 193 g/mol. The second-order valence-electron chi connectivity index (χ2n) is 5.21. The zero-order chi connectivity index (χ0) is 10.4. The number of hydrogen-bond acceptors (Lipinski definition) is 2. The molecule has 0 aromatic heterocycles. The molecule has 78 valence electrons. The fourth-order valence-corrected chi connectivity index (χ4v) is 3.30. The van der Waals surface area contributed by atoms with Gasteiger partial charge in [0.25, 0.3) is 0 Å². The number of nitrogens with zero attached hydrogens (tertiary/aromatic N) is 1. The van der Waals surface area contributed by atoms with Crippen LogP contribution in [0, 0.1) is 5.92 Å². The van der Waals surface area contributed by atoms with Gasteiger partial charge in [-0.1, -0.05) is 13.8 Å². The first-order chi connectivity index (χ1) is 6.51. The lowest BCUT2D eigenvalue weighted by atomic mass is 9.59. The first kappa shape index (κ1) is 10.5. The Bertz CT molecular complexity index is 217. The van der Waals surface area contributed by atoms with Gasteiger partial charge in [-0.3, -0.25) is 4.90 Å². The van der Waals surface area contributed by atoms with Crippen molar-refractivity contribution in [3.8, 4) is 0 Å². The Balaban J connectivity index is 2.30. The van der Waals surface area contributed by atoms with E-state index in [-0.39, 0.29) is 11.5 Å². The van der Waals surface area contributed by atoms with E-state index in [1.807, 2.05) is 13.8 Å². The molecule has 14 heavy (non-hydrogen) atoms. The Morgan fingerprint density at radius 2 is 1.79 bits per heavy atom. The molecule has 0 amide bonds. The molecule has 1 atom stereocenters. The molecular weight excluding hydrogens is 173 g/mol. The summed E-state index contributed by atoms with van der Waals surface area (Å²) in [7, 11) is 6.15. The third-order valence-electron chi connectivity index (χ3n) is 4.27. The molecule has 0 saturated carbocycles. The van der Waals surface area contributed by atoms with Crippen molar-refractivity contribution < 1.29 is 5.11 Å². The molecule has 0 aromatic carbocycles. The molecule has 2 radical (unpaired) electrons. The SMILES string of the molecule is [B]C(O)(C(C)C)C12CCCN1CCC2. The smallest absolute Gasteiger partial charge is 0.116 e. The molecule has 2 nitrogen and oxygen atoms in total. The van der Waals surface area contributed by atoms with Crippen LogP contribution in [0.3, 0.4) is 0 Å². The summed E-state index contributed by atoms with van der Waals surface area (Å²) in [6.45, 7) is 6.27. The van der Waals surface area contributed by atoms with Crippen LogP contribution in [0.25, 0.3) is 0 Å². The van der Waals surface area contributed by atoms with Crippen molar-refractivity contribution in [3.05, 3.63) is 0 Å². The average molecular weight is 193 g/mol. The highest BCUT2D eigenvalue weighted by Gasteiger charge is 2.55. The van der Waals surface area contributed by atoms with E-state index in [9.17, 15) is 5.11 Å². The Morgan fingerprint density at radius 1 is 1.29 bits per heavy atom. The summed E-state index contributed by atoms with van der Waals surface area (Å²) < 4.78 is 0. The lowest BCUT2D eigenvalue weighted by Gasteiger charge is -2.48. The molecule has 2 saturated heterocycles. The van der Waals surface area contributed by atoms with Gasteiger partial charge in [-0.25, -0.2) is 0 Å². The van der Waals surface area contributed by atoms with Crippen molar-refractivity contribution in [2.75, 3.05) is 13.1 Å². The minimum atomic E-state index is -1.01. The van der Waals surface area contributed by atoms with Crippen molar-refractivity contribution in [1.29, 1.82) is 0 Å². The van der Waals surface area contributed by atoms with Gasteiger partial charge in [-0.05, 0) is 44.7 Å². The summed E-state index contributed by atoms with van der Waals surface area (Å²) in [5.74, 6) is 0.126. The maximum absolute atomic E-state index is 10.5. The van der Waals surface area contributed by atoms with Crippen LogP contribution in [0.4, 0.5) is 0 Å². The van der Waals surface area contributed by atoms with Gasteiger partial charge in [0.05, 0.1) is 0 Å². The summed E-state index contributed by atoms with van der Waals surface area (Å²) in [4.78, 5) is 2.41. The zero-order valence-corrected chi connectivity index (χ0v) is 9.29. The van der Waals surface area contributed by atoms with Gasteiger partial charge in [-0.15, -0.1) is 0 Å². The Morgan fingerprint density at radius 3 is 2.21 bits per heavy atom. The standard InChI is InChI=1S/C11H20BNO/c1-9(2)11(12,14)10-5-3-7-13(10)8-4-6-10/h9,14H,3-8H2,1-2H3. The number of rotatable bonds is 2. The third kappa shape index (κ3) is 1.18. The van der Waals surface area contributed by atoms with E-state index in [1.165, 1.54) is 12.8 Å². The zero-order valence-electron chi connectivity index (χ0n) is 9.29. The number of aliphatic hydroxyl groups is 1. The van der Waals surface area contributed by atoms with E-state index in [2.05, 4.69) is 4.90 Å². The van der Waals surface area contributed by atoms with E-state index in [0.717, 1.165) is 25.9 Å². The molecule has 1 N–H and O–H groups in total. The molecule has 1 unspecified atom stereocenters. The summed E-state index contributed by atoms with van der Waals surface area (Å²) in [5, 5.41) is 10.5. The van der Waals surface area contributed by atoms with Gasteiger partial charge < -0.3 is 5.11 Å². The minimum absolute atomic E-state index is 0.110. The van der Waals surface area contributed by atoms with E-state index in [4.69, 9.17) is 7.85 Å². The number of fused-ring (bicyclic) bond motifs is 1. The van der Waals surface area contributed by atoms with Gasteiger partial charge in [0, 0.05) is 11.0 Å². The van der Waals surface area contributed by atoms with Crippen LogP contribution in [0.15, 0.2) is 0 Å². The van der Waals surface area contributed by atoms with Crippen LogP contribution >= 0.6 is 0 Å². The van der Waals surface area contributed by atoms with Crippen LogP contribution < -0.4 is 0 Å². The second-order valence-corrected chi connectivity index (χ2v) is 5.21. The van der Waals surface area contributed by atoms with Gasteiger partial charge in [0.1, 0.15) is 7.85 Å². The summed E-state index contributed by atoms with van der Waals surface area (Å²) in [6, 6.07) is 0. The predicted octanol–water partition coefficient (Wildman–Crippen LogP) is 1.13. The number of hydrogen-bond donors (Lipinski definition) is 1. The Hall–Kier alpha value is -0.0151. The lowest BCUT2D eigenvalue weighted by molar-refractivity contribution is -0.0496. The van der Waals surface area contributed by atoms with Gasteiger partial charge in [0.15, 0.2) is 0 Å². The van der Waals surface area contributed by atoms with Crippen LogP contribution in [0.1, 0.15) is 39.5 Å². The lowest BCUT2D eigenvalue weighted by Crippen LogP contribution is -2.61. The first-order valence-electron chi connectivity index (χ1n) is 5.77. The van der Waals surface area contributed by atoms with Crippen LogP contribution in [0.5, 0.6) is 0 Å². The first-order valence-corrected chi connectivity index (χ1v) is 5.77. The Labute approximate surface area is 88.1 Å². The topological polar surface area (TPSA) is 23.5 Å². The van der Waals surface area contributed by atoms with Gasteiger partial charge >= 0.3 is 0 Å². The van der Waals surface area contributed by atoms with Crippen LogP contribution in [-0.4, -0.2) is 42.0 Å². The molecule has 2 rings (SSSR count). The molecular formula is C11H20BNO. The van der Waals surface area contributed by atoms with Crippen molar-refractivity contribution in [2.45, 2.75) is 50.6 Å². The molecule has 2 aliphatic heterocycles. The highest BCUT2D eigenvalue weighted by molar-refractivity contribution is 6.15. The van der Waals surface area contributed by atoms with E-state index in [0.29, 0.717) is 0 Å². The molecule has 2 heterocycles. The molecule has 2 fully saturated rings. The minimum Gasteiger partial charge on any atom is -0.398 e. The Kier molecular flexibility index (Phi) is 2.43. The van der Waals surface area contributed by atoms with Gasteiger partial charge in [0.2, 0.25) is 0 Å². The summed E-state index contributed by atoms with van der Waals surface area (Å²) in [6.07, 6.45) is 4.51. The van der Waals surface area contributed by atoms with Crippen molar-refractivity contribution in [1.82, 2.24) is 4.90 Å². The predicted molar refractivity (Wildman–Crippen MR) is 58.3 cm³/mol. The molecule has 0 aromatic rings. The van der Waals surface area contributed by atoms with E-state index < -0.39 is 5.50 Å². The average Bonchev–Trinajstić information content (AvgIpc) is 2.59.